The minimum absolute atomic E-state index is 0.0192. The highest BCUT2D eigenvalue weighted by Crippen LogP contribution is 2.30. The third-order valence-corrected chi connectivity index (χ3v) is 7.47. The maximum Gasteiger partial charge on any atom is 0.253 e. The number of carbonyl (C=O) groups is 1. The number of tetrazole rings is 1. The molecule has 1 fully saturated rings. The van der Waals surface area contributed by atoms with Crippen LogP contribution in [0, 0.1) is 0 Å². The van der Waals surface area contributed by atoms with Gasteiger partial charge < -0.3 is 10.2 Å². The molecule has 2 N–H and O–H groups in total. The van der Waals surface area contributed by atoms with Gasteiger partial charge in [-0.05, 0) is 36.4 Å². The number of H-pyrrole nitrogens is 1. The SMILES string of the molecule is CS(=O)(=O)c1cncc(C(=O)NCc2cc3nc(-c4cccc(N5CC(c6nn[nH]n6)C5)n4)ccc3cn2)c1. The van der Waals surface area contributed by atoms with Crippen molar-refractivity contribution in [3.63, 3.8) is 0 Å². The topological polar surface area (TPSA) is 172 Å². The summed E-state index contributed by atoms with van der Waals surface area (Å²) in [4.78, 5) is 32.6. The molecule has 0 aliphatic carbocycles. The van der Waals surface area contributed by atoms with Crippen LogP contribution in [0.4, 0.5) is 5.82 Å². The summed E-state index contributed by atoms with van der Waals surface area (Å²) >= 11 is 0. The lowest BCUT2D eigenvalue weighted by Crippen LogP contribution is -2.46. The predicted octanol–water partition coefficient (Wildman–Crippen LogP) is 1.54. The summed E-state index contributed by atoms with van der Waals surface area (Å²) in [6.45, 7) is 1.65. The van der Waals surface area contributed by atoms with Gasteiger partial charge in [0.2, 0.25) is 0 Å². The number of aromatic amines is 1. The molecule has 196 valence electrons. The van der Waals surface area contributed by atoms with E-state index in [0.717, 1.165) is 36.2 Å². The molecule has 0 saturated carbocycles. The van der Waals surface area contributed by atoms with Gasteiger partial charge in [-0.1, -0.05) is 11.3 Å². The quantitative estimate of drug-likeness (QED) is 0.305. The van der Waals surface area contributed by atoms with Gasteiger partial charge in [0, 0.05) is 43.3 Å². The normalized spacial score (nSPS) is 13.8. The predicted molar refractivity (Wildman–Crippen MR) is 140 cm³/mol. The molecule has 13 nitrogen and oxygen atoms in total. The molecule has 0 unspecified atom stereocenters. The van der Waals surface area contributed by atoms with Crippen molar-refractivity contribution in [1.29, 1.82) is 0 Å². The summed E-state index contributed by atoms with van der Waals surface area (Å²) in [5.74, 6) is 1.32. The number of hydrogen-bond acceptors (Lipinski definition) is 11. The number of sulfone groups is 1. The summed E-state index contributed by atoms with van der Waals surface area (Å²) in [5.41, 5.74) is 2.91. The van der Waals surface area contributed by atoms with Crippen molar-refractivity contribution in [2.75, 3.05) is 24.2 Å². The molecule has 1 aliphatic heterocycles. The molecule has 14 heteroatoms. The zero-order valence-electron chi connectivity index (χ0n) is 20.7. The highest BCUT2D eigenvalue weighted by atomic mass is 32.2. The fraction of sp³-hybridized carbons (Fsp3) is 0.200. The third kappa shape index (κ3) is 5.13. The Hall–Kier alpha value is -4.85. The smallest absolute Gasteiger partial charge is 0.253 e. The molecule has 6 heterocycles. The molecule has 5 aromatic heterocycles. The molecule has 0 atom stereocenters. The average Bonchev–Trinajstić information content (AvgIpc) is 3.44. The Morgan fingerprint density at radius 3 is 2.72 bits per heavy atom. The monoisotopic (exact) mass is 542 g/mol. The van der Waals surface area contributed by atoms with Crippen LogP contribution in [-0.4, -0.2) is 74.2 Å². The molecular formula is C25H22N10O3S. The Morgan fingerprint density at radius 1 is 1.08 bits per heavy atom. The average molecular weight is 543 g/mol. The van der Waals surface area contributed by atoms with Crippen LogP contribution in [0.1, 0.15) is 27.8 Å². The molecule has 0 aromatic carbocycles. The van der Waals surface area contributed by atoms with E-state index in [9.17, 15) is 13.2 Å². The van der Waals surface area contributed by atoms with Gasteiger partial charge in [0.25, 0.3) is 5.91 Å². The van der Waals surface area contributed by atoms with Gasteiger partial charge in [-0.25, -0.2) is 18.4 Å². The van der Waals surface area contributed by atoms with Crippen molar-refractivity contribution in [3.05, 3.63) is 78.1 Å². The highest BCUT2D eigenvalue weighted by molar-refractivity contribution is 7.90. The number of anilines is 1. The zero-order valence-corrected chi connectivity index (χ0v) is 21.5. The second-order valence-corrected chi connectivity index (χ2v) is 11.2. The number of aromatic nitrogens is 8. The van der Waals surface area contributed by atoms with Gasteiger partial charge in [-0.2, -0.15) is 5.21 Å². The maximum absolute atomic E-state index is 12.6. The Labute approximate surface area is 222 Å². The van der Waals surface area contributed by atoms with E-state index < -0.39 is 15.7 Å². The van der Waals surface area contributed by atoms with E-state index in [2.05, 4.69) is 40.8 Å². The minimum Gasteiger partial charge on any atom is -0.355 e. The molecule has 39 heavy (non-hydrogen) atoms. The van der Waals surface area contributed by atoms with Crippen LogP contribution in [0.2, 0.25) is 0 Å². The fourth-order valence-electron chi connectivity index (χ4n) is 4.23. The van der Waals surface area contributed by atoms with Crippen LogP contribution >= 0.6 is 0 Å². The number of nitrogens with zero attached hydrogens (tertiary/aromatic N) is 8. The first-order valence-electron chi connectivity index (χ1n) is 12.0. The van der Waals surface area contributed by atoms with Crippen molar-refractivity contribution in [2.45, 2.75) is 17.4 Å². The lowest BCUT2D eigenvalue weighted by Gasteiger charge is -2.38. The number of amides is 1. The van der Waals surface area contributed by atoms with Crippen LogP contribution in [-0.2, 0) is 16.4 Å². The summed E-state index contributed by atoms with van der Waals surface area (Å²) in [7, 11) is -3.47. The van der Waals surface area contributed by atoms with Gasteiger partial charge >= 0.3 is 0 Å². The largest absolute Gasteiger partial charge is 0.355 e. The van der Waals surface area contributed by atoms with Crippen molar-refractivity contribution in [3.8, 4) is 11.4 Å². The fourth-order valence-corrected chi connectivity index (χ4v) is 4.82. The molecule has 1 saturated heterocycles. The molecule has 0 bridgehead atoms. The number of rotatable bonds is 7. The second kappa shape index (κ2) is 9.79. The van der Waals surface area contributed by atoms with E-state index in [1.807, 2.05) is 30.3 Å². The van der Waals surface area contributed by atoms with E-state index in [0.29, 0.717) is 22.7 Å². The van der Waals surface area contributed by atoms with Crippen molar-refractivity contribution >= 4 is 32.5 Å². The molecule has 1 amide bonds. The first-order valence-corrected chi connectivity index (χ1v) is 13.9. The third-order valence-electron chi connectivity index (χ3n) is 6.39. The Balaban J connectivity index is 1.16. The summed E-state index contributed by atoms with van der Waals surface area (Å²) in [6.07, 6.45) is 5.29. The lowest BCUT2D eigenvalue weighted by atomic mass is 9.99. The van der Waals surface area contributed by atoms with Crippen molar-refractivity contribution < 1.29 is 13.2 Å². The number of nitrogens with one attached hydrogen (secondary N) is 2. The molecule has 0 spiro atoms. The molecule has 5 aromatic rings. The Bertz CT molecular complexity index is 1790. The van der Waals surface area contributed by atoms with Gasteiger partial charge in [-0.15, -0.1) is 10.2 Å². The Morgan fingerprint density at radius 2 is 1.92 bits per heavy atom. The first-order chi connectivity index (χ1) is 18.8. The maximum atomic E-state index is 12.6. The van der Waals surface area contributed by atoms with Gasteiger partial charge in [0.1, 0.15) is 5.82 Å². The minimum atomic E-state index is -3.47. The van der Waals surface area contributed by atoms with Gasteiger partial charge in [-0.3, -0.25) is 14.8 Å². The molecule has 1 aliphatic rings. The molecular weight excluding hydrogens is 520 g/mol. The van der Waals surface area contributed by atoms with E-state index >= 15 is 0 Å². The van der Waals surface area contributed by atoms with Crippen LogP contribution in [0.5, 0.6) is 0 Å². The summed E-state index contributed by atoms with van der Waals surface area (Å²) in [5, 5.41) is 17.8. The van der Waals surface area contributed by atoms with Crippen LogP contribution < -0.4 is 10.2 Å². The molecule has 0 radical (unpaired) electrons. The summed E-state index contributed by atoms with van der Waals surface area (Å²) in [6, 6.07) is 12.8. The number of fused-ring (bicyclic) bond motifs is 1. The van der Waals surface area contributed by atoms with Crippen molar-refractivity contribution in [1.82, 2.24) is 45.9 Å². The Kier molecular flexibility index (Phi) is 6.15. The number of hydrogen-bond donors (Lipinski definition) is 2. The second-order valence-electron chi connectivity index (χ2n) is 9.18. The van der Waals surface area contributed by atoms with E-state index in [1.54, 1.807) is 12.3 Å². The number of carbonyl (C=O) groups excluding carboxylic acids is 1. The first kappa shape index (κ1) is 24.5. The van der Waals surface area contributed by atoms with Gasteiger partial charge in [0.15, 0.2) is 15.7 Å². The zero-order chi connectivity index (χ0) is 27.0. The highest BCUT2D eigenvalue weighted by Gasteiger charge is 2.32. The lowest BCUT2D eigenvalue weighted by molar-refractivity contribution is 0.0950. The molecule has 6 rings (SSSR count). The van der Waals surface area contributed by atoms with Crippen LogP contribution in [0.3, 0.4) is 0 Å². The van der Waals surface area contributed by atoms with E-state index in [-0.39, 0.29) is 22.9 Å². The van der Waals surface area contributed by atoms with Gasteiger partial charge in [0.05, 0.1) is 45.5 Å². The standard InChI is InChI=1S/C25H22N10O3S/c1-39(37,38)19-7-16(9-26-12-19)25(36)28-11-18-8-22-15(10-27-18)5-6-21(29-22)20-3-2-4-23(30-20)35-13-17(14-35)24-31-33-34-32-24/h2-10,12,17H,11,13-14H2,1H3,(H,28,36)(H,31,32,33,34). The van der Waals surface area contributed by atoms with E-state index in [4.69, 9.17) is 9.97 Å². The summed E-state index contributed by atoms with van der Waals surface area (Å²) < 4.78 is 23.5. The number of pyridine rings is 4. The van der Waals surface area contributed by atoms with Crippen molar-refractivity contribution in [2.24, 2.45) is 0 Å². The van der Waals surface area contributed by atoms with Crippen LogP contribution in [0.25, 0.3) is 22.3 Å². The van der Waals surface area contributed by atoms with Crippen LogP contribution in [0.15, 0.2) is 66.0 Å². The van der Waals surface area contributed by atoms with E-state index in [1.165, 1.54) is 18.5 Å².